The minimum Gasteiger partial charge on any atom is -0.478 e. The van der Waals surface area contributed by atoms with Crippen molar-refractivity contribution in [1.29, 1.82) is 0 Å². The van der Waals surface area contributed by atoms with Crippen molar-refractivity contribution in [2.24, 2.45) is 0 Å². The molecule has 0 amide bonds. The van der Waals surface area contributed by atoms with Crippen LogP contribution < -0.4 is 0 Å². The molecule has 3 aromatic rings. The molecular weight excluding hydrogens is 288 g/mol. The number of hydrogen-bond acceptors (Lipinski definition) is 4. The van der Waals surface area contributed by atoms with Crippen molar-refractivity contribution >= 4 is 28.3 Å². The Morgan fingerprint density at radius 1 is 1.38 bits per heavy atom. The van der Waals surface area contributed by atoms with Crippen LogP contribution in [0.2, 0.25) is 0 Å². The lowest BCUT2D eigenvalue weighted by Gasteiger charge is -2.02. The number of nitrogens with zero attached hydrogens (tertiary/aromatic N) is 4. The predicted octanol–water partition coefficient (Wildman–Crippen LogP) is 2.60. The van der Waals surface area contributed by atoms with Gasteiger partial charge in [0.1, 0.15) is 0 Å². The molecule has 0 spiro atoms. The molecule has 21 heavy (non-hydrogen) atoms. The second-order valence-corrected chi connectivity index (χ2v) is 5.63. The fraction of sp³-hybridized carbons (Fsp3) is 0.214. The van der Waals surface area contributed by atoms with Crippen molar-refractivity contribution in [3.05, 3.63) is 40.3 Å². The highest BCUT2D eigenvalue weighted by Gasteiger charge is 2.17. The summed E-state index contributed by atoms with van der Waals surface area (Å²) in [5.41, 5.74) is 3.76. The molecule has 7 heteroatoms. The first-order valence-corrected chi connectivity index (χ1v) is 7.26. The van der Waals surface area contributed by atoms with Crippen molar-refractivity contribution in [2.45, 2.75) is 20.8 Å². The SMILES string of the molecule is Cc1nn(-c2nc3sccn3c2C=CC(=O)O)c(C)c1C. The van der Waals surface area contributed by atoms with Gasteiger partial charge in [-0.3, -0.25) is 4.40 Å². The molecule has 0 bridgehead atoms. The summed E-state index contributed by atoms with van der Waals surface area (Å²) < 4.78 is 3.64. The second-order valence-electron chi connectivity index (χ2n) is 4.76. The van der Waals surface area contributed by atoms with E-state index in [9.17, 15) is 4.79 Å². The number of imidazole rings is 1. The molecule has 108 valence electrons. The Bertz CT molecular complexity index is 869. The highest BCUT2D eigenvalue weighted by atomic mass is 32.1. The molecule has 0 atom stereocenters. The largest absolute Gasteiger partial charge is 0.478 e. The first kappa shape index (κ1) is 13.6. The minimum atomic E-state index is -0.990. The fourth-order valence-corrected chi connectivity index (χ4v) is 2.90. The zero-order valence-electron chi connectivity index (χ0n) is 11.9. The average Bonchev–Trinajstić information content (AvgIpc) is 3.06. The minimum absolute atomic E-state index is 0.646. The highest BCUT2D eigenvalue weighted by Crippen LogP contribution is 2.24. The molecule has 6 nitrogen and oxygen atoms in total. The Morgan fingerprint density at radius 2 is 2.14 bits per heavy atom. The average molecular weight is 302 g/mol. The Balaban J connectivity index is 2.26. The molecule has 3 heterocycles. The number of hydrogen-bond donors (Lipinski definition) is 1. The standard InChI is InChI=1S/C14H14N4O2S/c1-8-9(2)16-18(10(8)3)13-11(4-5-12(19)20)17-6-7-21-14(17)15-13/h4-7H,1-3H3,(H,19,20). The Labute approximate surface area is 125 Å². The molecule has 3 aromatic heterocycles. The van der Waals surface area contributed by atoms with E-state index in [1.807, 2.05) is 36.7 Å². The summed E-state index contributed by atoms with van der Waals surface area (Å²) >= 11 is 1.50. The van der Waals surface area contributed by atoms with Crippen LogP contribution in [0.15, 0.2) is 17.7 Å². The number of carbonyl (C=O) groups is 1. The third-order valence-electron chi connectivity index (χ3n) is 3.52. The van der Waals surface area contributed by atoms with Gasteiger partial charge in [-0.25, -0.2) is 9.48 Å². The summed E-state index contributed by atoms with van der Waals surface area (Å²) in [7, 11) is 0. The predicted molar refractivity (Wildman–Crippen MR) is 81.1 cm³/mol. The van der Waals surface area contributed by atoms with E-state index >= 15 is 0 Å². The molecule has 3 rings (SSSR count). The van der Waals surface area contributed by atoms with Crippen molar-refractivity contribution in [2.75, 3.05) is 0 Å². The lowest BCUT2D eigenvalue weighted by atomic mass is 10.2. The van der Waals surface area contributed by atoms with Crippen LogP contribution >= 0.6 is 11.3 Å². The van der Waals surface area contributed by atoms with Gasteiger partial charge < -0.3 is 5.11 Å². The van der Waals surface area contributed by atoms with E-state index in [-0.39, 0.29) is 0 Å². The molecule has 0 aliphatic carbocycles. The smallest absolute Gasteiger partial charge is 0.328 e. The lowest BCUT2D eigenvalue weighted by Crippen LogP contribution is -2.02. The highest BCUT2D eigenvalue weighted by molar-refractivity contribution is 7.15. The first-order chi connectivity index (χ1) is 9.99. The molecule has 1 N–H and O–H groups in total. The van der Waals surface area contributed by atoms with Gasteiger partial charge in [0.25, 0.3) is 0 Å². The third kappa shape index (κ3) is 2.15. The van der Waals surface area contributed by atoms with Crippen LogP contribution in [-0.4, -0.2) is 30.2 Å². The maximum atomic E-state index is 10.8. The van der Waals surface area contributed by atoms with Crippen molar-refractivity contribution in [1.82, 2.24) is 19.2 Å². The number of rotatable bonds is 3. The molecular formula is C14H14N4O2S. The fourth-order valence-electron chi connectivity index (χ4n) is 2.18. The van der Waals surface area contributed by atoms with Crippen LogP contribution in [0.3, 0.4) is 0 Å². The van der Waals surface area contributed by atoms with Gasteiger partial charge in [0.05, 0.1) is 11.4 Å². The van der Waals surface area contributed by atoms with Gasteiger partial charge >= 0.3 is 5.97 Å². The van der Waals surface area contributed by atoms with Gasteiger partial charge in [-0.15, -0.1) is 11.3 Å². The number of carboxylic acids is 1. The summed E-state index contributed by atoms with van der Waals surface area (Å²) in [5.74, 6) is -0.344. The van der Waals surface area contributed by atoms with Gasteiger partial charge in [-0.1, -0.05) is 0 Å². The van der Waals surface area contributed by atoms with Crippen LogP contribution in [0, 0.1) is 20.8 Å². The first-order valence-electron chi connectivity index (χ1n) is 6.39. The van der Waals surface area contributed by atoms with E-state index in [0.29, 0.717) is 11.5 Å². The van der Waals surface area contributed by atoms with Crippen molar-refractivity contribution < 1.29 is 9.90 Å². The number of fused-ring (bicyclic) bond motifs is 1. The number of carboxylic acid groups (broad SMARTS) is 1. The summed E-state index contributed by atoms with van der Waals surface area (Å²) in [4.78, 5) is 16.2. The van der Waals surface area contributed by atoms with E-state index in [2.05, 4.69) is 10.1 Å². The monoisotopic (exact) mass is 302 g/mol. The Morgan fingerprint density at radius 3 is 2.76 bits per heavy atom. The lowest BCUT2D eigenvalue weighted by molar-refractivity contribution is -0.131. The van der Waals surface area contributed by atoms with E-state index in [0.717, 1.165) is 28.0 Å². The summed E-state index contributed by atoms with van der Waals surface area (Å²) in [6, 6.07) is 0. The summed E-state index contributed by atoms with van der Waals surface area (Å²) in [5, 5.41) is 15.3. The quantitative estimate of drug-likeness (QED) is 0.755. The molecule has 0 fully saturated rings. The Kier molecular flexibility index (Phi) is 3.13. The normalized spacial score (nSPS) is 11.8. The molecule has 0 radical (unpaired) electrons. The van der Waals surface area contributed by atoms with Crippen LogP contribution in [0.5, 0.6) is 0 Å². The van der Waals surface area contributed by atoms with Gasteiger partial charge in [-0.05, 0) is 32.4 Å². The topological polar surface area (TPSA) is 72.4 Å². The van der Waals surface area contributed by atoms with Crippen LogP contribution in [0.1, 0.15) is 22.6 Å². The Hall–Kier alpha value is -2.41. The molecule has 0 aromatic carbocycles. The molecule has 0 aliphatic heterocycles. The number of aromatic nitrogens is 4. The maximum absolute atomic E-state index is 10.8. The molecule has 0 saturated carbocycles. The number of aliphatic carboxylic acids is 1. The summed E-state index contributed by atoms with van der Waals surface area (Å²) in [6.45, 7) is 5.94. The third-order valence-corrected chi connectivity index (χ3v) is 4.27. The van der Waals surface area contributed by atoms with Crippen LogP contribution in [0.25, 0.3) is 16.9 Å². The molecule has 0 saturated heterocycles. The zero-order valence-corrected chi connectivity index (χ0v) is 12.7. The van der Waals surface area contributed by atoms with E-state index in [4.69, 9.17) is 5.11 Å². The van der Waals surface area contributed by atoms with Crippen molar-refractivity contribution in [3.8, 4) is 5.82 Å². The number of thiazole rings is 1. The van der Waals surface area contributed by atoms with Gasteiger partial charge in [0, 0.05) is 23.3 Å². The maximum Gasteiger partial charge on any atom is 0.328 e. The van der Waals surface area contributed by atoms with Crippen LogP contribution in [0.4, 0.5) is 0 Å². The van der Waals surface area contributed by atoms with E-state index in [1.54, 1.807) is 10.8 Å². The summed E-state index contributed by atoms with van der Waals surface area (Å²) in [6.07, 6.45) is 4.54. The number of aryl methyl sites for hydroxylation is 1. The van der Waals surface area contributed by atoms with Gasteiger partial charge in [0.2, 0.25) is 0 Å². The molecule has 0 aliphatic rings. The zero-order chi connectivity index (χ0) is 15.1. The van der Waals surface area contributed by atoms with Crippen LogP contribution in [-0.2, 0) is 4.79 Å². The van der Waals surface area contributed by atoms with E-state index in [1.165, 1.54) is 11.3 Å². The van der Waals surface area contributed by atoms with Crippen molar-refractivity contribution in [3.63, 3.8) is 0 Å². The van der Waals surface area contributed by atoms with E-state index < -0.39 is 5.97 Å². The van der Waals surface area contributed by atoms with Gasteiger partial charge in [0.15, 0.2) is 10.8 Å². The second kappa shape index (κ2) is 4.85. The van der Waals surface area contributed by atoms with Gasteiger partial charge in [-0.2, -0.15) is 10.1 Å². The molecule has 0 unspecified atom stereocenters.